The van der Waals surface area contributed by atoms with Gasteiger partial charge in [-0.15, -0.1) is 0 Å². The third kappa shape index (κ3) is 5.73. The van der Waals surface area contributed by atoms with Crippen LogP contribution in [0.2, 0.25) is 0 Å². The van der Waals surface area contributed by atoms with Crippen LogP contribution < -0.4 is 20.3 Å². The molecule has 0 unspecified atom stereocenters. The molecule has 3 aromatic rings. The number of aryl methyl sites for hydroxylation is 2. The lowest BCUT2D eigenvalue weighted by Gasteiger charge is -2.26. The van der Waals surface area contributed by atoms with Crippen LogP contribution in [0.3, 0.4) is 0 Å². The zero-order chi connectivity index (χ0) is 27.4. The van der Waals surface area contributed by atoms with Crippen molar-refractivity contribution in [1.29, 1.82) is 0 Å². The van der Waals surface area contributed by atoms with Gasteiger partial charge in [0.05, 0.1) is 10.6 Å². The number of rotatable bonds is 7. The summed E-state index contributed by atoms with van der Waals surface area (Å²) in [5, 5.41) is 15.9. The van der Waals surface area contributed by atoms with E-state index in [4.69, 9.17) is 4.74 Å². The van der Waals surface area contributed by atoms with Crippen molar-refractivity contribution < 1.29 is 28.8 Å². The van der Waals surface area contributed by atoms with E-state index < -0.39 is 22.8 Å². The molecule has 11 nitrogen and oxygen atoms in total. The molecular weight excluding hydrogens is 492 g/mol. The number of carbonyl (C=O) groups excluding carboxylic acids is 4. The van der Waals surface area contributed by atoms with E-state index in [1.165, 1.54) is 24.3 Å². The third-order valence-corrected chi connectivity index (χ3v) is 5.75. The van der Waals surface area contributed by atoms with E-state index in [2.05, 4.69) is 10.6 Å². The molecule has 0 aliphatic carbocycles. The minimum absolute atomic E-state index is 0.0528. The third-order valence-electron chi connectivity index (χ3n) is 5.75. The van der Waals surface area contributed by atoms with Crippen molar-refractivity contribution in [2.75, 3.05) is 16.8 Å². The molecule has 1 fully saturated rings. The summed E-state index contributed by atoms with van der Waals surface area (Å²) in [6.07, 6.45) is 1.28. The molecule has 4 rings (SSSR count). The molecule has 1 heterocycles. The summed E-state index contributed by atoms with van der Waals surface area (Å²) in [5.74, 6) is -1.78. The van der Waals surface area contributed by atoms with Crippen LogP contribution in [0.1, 0.15) is 16.7 Å². The summed E-state index contributed by atoms with van der Waals surface area (Å²) in [6, 6.07) is 15.8. The minimum atomic E-state index is -1.01. The van der Waals surface area contributed by atoms with Crippen LogP contribution in [0.15, 0.2) is 72.3 Å². The molecule has 0 spiro atoms. The number of non-ortho nitro benzene ring substituents is 1. The number of ether oxygens (including phenoxy) is 1. The lowest BCUT2D eigenvalue weighted by Crippen LogP contribution is -2.54. The smallest absolute Gasteiger partial charge is 0.335 e. The summed E-state index contributed by atoms with van der Waals surface area (Å²) in [6.45, 7) is 3.70. The first-order chi connectivity index (χ1) is 18.1. The Morgan fingerprint density at radius 1 is 1.03 bits per heavy atom. The number of benzene rings is 3. The first-order valence-corrected chi connectivity index (χ1v) is 11.4. The maximum atomic E-state index is 13.0. The van der Waals surface area contributed by atoms with Crippen molar-refractivity contribution in [3.63, 3.8) is 0 Å². The molecule has 0 radical (unpaired) electrons. The number of nitrogens with zero attached hydrogens (tertiary/aromatic N) is 2. The molecular formula is C27H22N4O7. The molecule has 1 aliphatic rings. The molecule has 3 aromatic carbocycles. The lowest BCUT2D eigenvalue weighted by molar-refractivity contribution is -0.384. The number of hydrogen-bond acceptors (Lipinski definition) is 7. The maximum Gasteiger partial charge on any atom is 0.335 e. The fourth-order valence-corrected chi connectivity index (χ4v) is 3.63. The first kappa shape index (κ1) is 25.8. The monoisotopic (exact) mass is 514 g/mol. The molecule has 38 heavy (non-hydrogen) atoms. The van der Waals surface area contributed by atoms with E-state index in [-0.39, 0.29) is 29.5 Å². The molecule has 1 aliphatic heterocycles. The van der Waals surface area contributed by atoms with Gasteiger partial charge >= 0.3 is 6.03 Å². The molecule has 0 atom stereocenters. The first-order valence-electron chi connectivity index (χ1n) is 11.4. The second kappa shape index (κ2) is 10.7. The van der Waals surface area contributed by atoms with Gasteiger partial charge in [0.1, 0.15) is 11.3 Å². The second-order valence-electron chi connectivity index (χ2n) is 8.44. The molecule has 5 amide bonds. The van der Waals surface area contributed by atoms with E-state index in [9.17, 15) is 29.3 Å². The number of nitrogens with one attached hydrogen (secondary N) is 2. The fourth-order valence-electron chi connectivity index (χ4n) is 3.63. The maximum absolute atomic E-state index is 13.0. The van der Waals surface area contributed by atoms with Gasteiger partial charge in [0.2, 0.25) is 0 Å². The van der Waals surface area contributed by atoms with Gasteiger partial charge in [-0.25, -0.2) is 9.69 Å². The summed E-state index contributed by atoms with van der Waals surface area (Å²) < 4.78 is 5.51. The van der Waals surface area contributed by atoms with E-state index in [0.29, 0.717) is 21.9 Å². The number of hydrogen-bond donors (Lipinski definition) is 2. The molecule has 192 valence electrons. The van der Waals surface area contributed by atoms with Crippen LogP contribution in [0.5, 0.6) is 5.75 Å². The number of nitro groups is 1. The second-order valence-corrected chi connectivity index (χ2v) is 8.44. The lowest BCUT2D eigenvalue weighted by atomic mass is 10.1. The van der Waals surface area contributed by atoms with Gasteiger partial charge in [-0.2, -0.15) is 0 Å². The Labute approximate surface area is 216 Å². The zero-order valence-electron chi connectivity index (χ0n) is 20.4. The Bertz CT molecular complexity index is 1500. The van der Waals surface area contributed by atoms with Gasteiger partial charge < -0.3 is 10.1 Å². The Morgan fingerprint density at radius 3 is 2.45 bits per heavy atom. The van der Waals surface area contributed by atoms with Crippen LogP contribution >= 0.6 is 0 Å². The van der Waals surface area contributed by atoms with Gasteiger partial charge in [-0.3, -0.25) is 29.8 Å². The summed E-state index contributed by atoms with van der Waals surface area (Å²) in [7, 11) is 0. The highest BCUT2D eigenvalue weighted by Crippen LogP contribution is 2.26. The van der Waals surface area contributed by atoms with Crippen LogP contribution in [-0.4, -0.2) is 35.3 Å². The number of carbonyl (C=O) groups is 4. The summed E-state index contributed by atoms with van der Waals surface area (Å²) >= 11 is 0. The van der Waals surface area contributed by atoms with Crippen molar-refractivity contribution >= 4 is 46.9 Å². The quantitative estimate of drug-likeness (QED) is 0.210. The largest absolute Gasteiger partial charge is 0.484 e. The standard InChI is InChI=1S/C27H22N4O7/c1-16-6-9-19(12-17(16)2)28-24(32)15-38-22-10-7-18(8-11-22)13-23-25(33)29-27(35)30(26(23)34)20-4-3-5-21(14-20)31(36)37/h3-14H,15H2,1-2H3,(H,28,32)(H,29,33,35)/b23-13-. The number of imide groups is 2. The van der Waals surface area contributed by atoms with Crippen LogP contribution in [0, 0.1) is 24.0 Å². The molecule has 0 bridgehead atoms. The van der Waals surface area contributed by atoms with Crippen LogP contribution in [0.25, 0.3) is 6.08 Å². The highest BCUT2D eigenvalue weighted by Gasteiger charge is 2.37. The molecule has 11 heteroatoms. The fraction of sp³-hybridized carbons (Fsp3) is 0.111. The molecule has 0 aromatic heterocycles. The van der Waals surface area contributed by atoms with E-state index in [1.54, 1.807) is 30.3 Å². The number of urea groups is 1. The zero-order valence-corrected chi connectivity index (χ0v) is 20.4. The van der Waals surface area contributed by atoms with Gasteiger partial charge in [0.25, 0.3) is 23.4 Å². The van der Waals surface area contributed by atoms with Gasteiger partial charge in [0.15, 0.2) is 6.61 Å². The molecule has 0 saturated carbocycles. The molecule has 2 N–H and O–H groups in total. The van der Waals surface area contributed by atoms with Crippen molar-refractivity contribution in [3.05, 3.63) is 99.1 Å². The van der Waals surface area contributed by atoms with E-state index >= 15 is 0 Å². The summed E-state index contributed by atoms with van der Waals surface area (Å²) in [5.41, 5.74) is 2.57. The van der Waals surface area contributed by atoms with E-state index in [1.807, 2.05) is 26.0 Å². The Balaban J connectivity index is 1.44. The SMILES string of the molecule is Cc1ccc(NC(=O)COc2ccc(/C=C3/C(=O)NC(=O)N(c4cccc([N+](=O)[O-])c4)C3=O)cc2)cc1C. The van der Waals surface area contributed by atoms with Crippen molar-refractivity contribution in [2.24, 2.45) is 0 Å². The van der Waals surface area contributed by atoms with E-state index in [0.717, 1.165) is 17.2 Å². The predicted octanol–water partition coefficient (Wildman–Crippen LogP) is 3.90. The topological polar surface area (TPSA) is 148 Å². The summed E-state index contributed by atoms with van der Waals surface area (Å²) in [4.78, 5) is 61.0. The van der Waals surface area contributed by atoms with Crippen molar-refractivity contribution in [1.82, 2.24) is 5.32 Å². The van der Waals surface area contributed by atoms with Crippen LogP contribution in [0.4, 0.5) is 21.9 Å². The number of anilines is 2. The van der Waals surface area contributed by atoms with Crippen LogP contribution in [-0.2, 0) is 14.4 Å². The van der Waals surface area contributed by atoms with Gasteiger partial charge in [0, 0.05) is 17.8 Å². The predicted molar refractivity (Wildman–Crippen MR) is 139 cm³/mol. The molecule has 1 saturated heterocycles. The highest BCUT2D eigenvalue weighted by atomic mass is 16.6. The highest BCUT2D eigenvalue weighted by molar-refractivity contribution is 6.39. The van der Waals surface area contributed by atoms with Crippen molar-refractivity contribution in [2.45, 2.75) is 13.8 Å². The minimum Gasteiger partial charge on any atom is -0.484 e. The number of amides is 5. The Hall–Kier alpha value is -5.32. The number of nitro benzene ring substituents is 1. The average Bonchev–Trinajstić information content (AvgIpc) is 2.88. The average molecular weight is 514 g/mol. The van der Waals surface area contributed by atoms with Gasteiger partial charge in [-0.1, -0.05) is 24.3 Å². The van der Waals surface area contributed by atoms with Gasteiger partial charge in [-0.05, 0) is 66.9 Å². The van der Waals surface area contributed by atoms with Crippen molar-refractivity contribution in [3.8, 4) is 5.75 Å². The normalized spacial score (nSPS) is 14.3. The number of barbiturate groups is 1. The Kier molecular flexibility index (Phi) is 7.28. The Morgan fingerprint density at radius 2 is 1.76 bits per heavy atom.